The molecule has 2 aromatic carbocycles. The molecule has 1 spiro atoms. The molecule has 2 aromatic rings. The number of piperidine rings is 1. The van der Waals surface area contributed by atoms with Gasteiger partial charge >= 0.3 is 6.03 Å². The van der Waals surface area contributed by atoms with E-state index in [-0.39, 0.29) is 54.6 Å². The zero-order valence-electron chi connectivity index (χ0n) is 35.5. The van der Waals surface area contributed by atoms with Gasteiger partial charge in [0.25, 0.3) is 0 Å². The highest BCUT2D eigenvalue weighted by Crippen LogP contribution is 2.57. The highest BCUT2D eigenvalue weighted by molar-refractivity contribution is 6.06. The molecule has 15 heteroatoms. The number of aliphatic hydroxyl groups is 5. The van der Waals surface area contributed by atoms with Crippen molar-refractivity contribution in [1.82, 2.24) is 20.9 Å². The summed E-state index contributed by atoms with van der Waals surface area (Å²) in [6.07, 6.45) is 9.27. The van der Waals surface area contributed by atoms with Crippen LogP contribution in [0.5, 0.6) is 0 Å². The lowest BCUT2D eigenvalue weighted by Crippen LogP contribution is -2.67. The third-order valence-electron chi connectivity index (χ3n) is 12.8. The van der Waals surface area contributed by atoms with E-state index in [1.54, 1.807) is 17.0 Å². The zero-order chi connectivity index (χ0) is 43.8. The lowest BCUT2D eigenvalue weighted by atomic mass is 9.62. The van der Waals surface area contributed by atoms with Crippen LogP contribution in [-0.4, -0.2) is 111 Å². The van der Waals surface area contributed by atoms with Crippen molar-refractivity contribution in [2.24, 2.45) is 5.41 Å². The van der Waals surface area contributed by atoms with Crippen molar-refractivity contribution in [3.8, 4) is 0 Å². The SMILES string of the molecule is O=C(CCCCCCCCCCC(=O)NC[C@@H](O)[C@H](O)[C@@H](O)[C@@H](O)CO)NCc1ccc(N2C(=O)C3(CCN(C(=O)NC4CCCCCC4)CC3)C2c2ccc(F)cc2)cc1. The summed E-state index contributed by atoms with van der Waals surface area (Å²) in [5.74, 6) is -0.627. The molecule has 1 aliphatic carbocycles. The number of anilines is 1. The number of likely N-dealkylation sites (tertiary alicyclic amines) is 1. The molecule has 5 atom stereocenters. The van der Waals surface area contributed by atoms with Gasteiger partial charge in [-0.25, -0.2) is 9.18 Å². The number of hydrogen-bond donors (Lipinski definition) is 8. The van der Waals surface area contributed by atoms with E-state index in [2.05, 4.69) is 16.0 Å². The molecule has 0 radical (unpaired) electrons. The number of aliphatic hydroxyl groups excluding tert-OH is 5. The van der Waals surface area contributed by atoms with E-state index >= 15 is 0 Å². The van der Waals surface area contributed by atoms with Crippen molar-refractivity contribution in [2.45, 2.75) is 159 Å². The van der Waals surface area contributed by atoms with Crippen LogP contribution in [0.4, 0.5) is 14.9 Å². The van der Waals surface area contributed by atoms with E-state index in [0.29, 0.717) is 45.3 Å². The van der Waals surface area contributed by atoms with E-state index in [1.807, 2.05) is 29.2 Å². The Bertz CT molecular complexity index is 1680. The molecule has 2 saturated heterocycles. The molecule has 5 rings (SSSR count). The molecule has 2 heterocycles. The fourth-order valence-electron chi connectivity index (χ4n) is 9.01. The van der Waals surface area contributed by atoms with Gasteiger partial charge in [0.05, 0.1) is 24.2 Å². The Labute approximate surface area is 359 Å². The van der Waals surface area contributed by atoms with Gasteiger partial charge in [0.2, 0.25) is 17.7 Å². The number of halogens is 1. The Balaban J connectivity index is 0.967. The first-order valence-corrected chi connectivity index (χ1v) is 22.5. The van der Waals surface area contributed by atoms with Crippen LogP contribution in [0.2, 0.25) is 0 Å². The monoisotopic (exact) mass is 854 g/mol. The Hall–Kier alpha value is -4.15. The summed E-state index contributed by atoms with van der Waals surface area (Å²) in [7, 11) is 0. The van der Waals surface area contributed by atoms with E-state index < -0.39 is 36.4 Å². The number of β-lactam (4-membered cyclic amide) rings is 1. The van der Waals surface area contributed by atoms with Crippen molar-refractivity contribution in [3.63, 3.8) is 0 Å². The molecular weight excluding hydrogens is 786 g/mol. The first kappa shape index (κ1) is 47.9. The smallest absolute Gasteiger partial charge is 0.317 e. The summed E-state index contributed by atoms with van der Waals surface area (Å²) in [5.41, 5.74) is 1.84. The van der Waals surface area contributed by atoms with Gasteiger partial charge in [-0.15, -0.1) is 0 Å². The summed E-state index contributed by atoms with van der Waals surface area (Å²) in [5, 5.41) is 56.4. The van der Waals surface area contributed by atoms with Gasteiger partial charge in [-0.05, 0) is 73.9 Å². The molecule has 61 heavy (non-hydrogen) atoms. The Morgan fingerprint density at radius 2 is 1.26 bits per heavy atom. The summed E-state index contributed by atoms with van der Waals surface area (Å²) >= 11 is 0. The highest BCUT2D eigenvalue weighted by Gasteiger charge is 2.62. The third kappa shape index (κ3) is 13.4. The second-order valence-electron chi connectivity index (χ2n) is 17.3. The zero-order valence-corrected chi connectivity index (χ0v) is 35.5. The normalized spacial score (nSPS) is 20.0. The average molecular weight is 854 g/mol. The lowest BCUT2D eigenvalue weighted by Gasteiger charge is -2.59. The molecule has 8 N–H and O–H groups in total. The van der Waals surface area contributed by atoms with Crippen molar-refractivity contribution in [1.29, 1.82) is 0 Å². The number of benzene rings is 2. The summed E-state index contributed by atoms with van der Waals surface area (Å²) in [6.45, 7) is 0.288. The molecular formula is C46H68FN5O9. The molecule has 1 saturated carbocycles. The number of carbonyl (C=O) groups is 4. The number of nitrogens with zero attached hydrogens (tertiary/aromatic N) is 2. The maximum absolute atomic E-state index is 14.1. The maximum atomic E-state index is 14.1. The number of amides is 5. The quantitative estimate of drug-likeness (QED) is 0.0476. The topological polar surface area (TPSA) is 212 Å². The Morgan fingerprint density at radius 3 is 1.84 bits per heavy atom. The maximum Gasteiger partial charge on any atom is 0.317 e. The largest absolute Gasteiger partial charge is 0.394 e. The van der Waals surface area contributed by atoms with Crippen molar-refractivity contribution >= 4 is 29.4 Å². The van der Waals surface area contributed by atoms with Gasteiger partial charge in [-0.2, -0.15) is 0 Å². The molecule has 5 amide bonds. The van der Waals surface area contributed by atoms with E-state index in [1.165, 1.54) is 25.0 Å². The Morgan fingerprint density at radius 1 is 0.721 bits per heavy atom. The summed E-state index contributed by atoms with van der Waals surface area (Å²) < 4.78 is 14.0. The van der Waals surface area contributed by atoms with E-state index in [0.717, 1.165) is 87.4 Å². The van der Waals surface area contributed by atoms with Crippen LogP contribution in [0, 0.1) is 11.2 Å². The predicted octanol–water partition coefficient (Wildman–Crippen LogP) is 4.50. The molecule has 0 bridgehead atoms. The van der Waals surface area contributed by atoms with Gasteiger partial charge in [-0.3, -0.25) is 14.4 Å². The minimum atomic E-state index is -1.73. The minimum absolute atomic E-state index is 0.0153. The number of hydrogen-bond acceptors (Lipinski definition) is 9. The minimum Gasteiger partial charge on any atom is -0.394 e. The second-order valence-corrected chi connectivity index (χ2v) is 17.3. The van der Waals surface area contributed by atoms with Gasteiger partial charge in [0.15, 0.2) is 0 Å². The molecule has 14 nitrogen and oxygen atoms in total. The molecule has 2 aliphatic heterocycles. The van der Waals surface area contributed by atoms with Crippen LogP contribution in [0.25, 0.3) is 0 Å². The van der Waals surface area contributed by atoms with Gasteiger partial charge in [0.1, 0.15) is 24.1 Å². The lowest BCUT2D eigenvalue weighted by molar-refractivity contribution is -0.144. The average Bonchev–Trinajstić information content (AvgIpc) is 3.55. The summed E-state index contributed by atoms with van der Waals surface area (Å²) in [6, 6.07) is 13.9. The van der Waals surface area contributed by atoms with Gasteiger partial charge < -0.3 is 51.3 Å². The molecule has 338 valence electrons. The van der Waals surface area contributed by atoms with Gasteiger partial charge in [0, 0.05) is 50.7 Å². The fraction of sp³-hybridized carbons (Fsp3) is 0.652. The predicted molar refractivity (Wildman–Crippen MR) is 228 cm³/mol. The molecule has 3 aliphatic rings. The first-order chi connectivity index (χ1) is 29.4. The molecule has 1 unspecified atom stereocenters. The van der Waals surface area contributed by atoms with Crippen LogP contribution in [-0.2, 0) is 20.9 Å². The number of carbonyl (C=O) groups excluding carboxylic acids is 4. The standard InChI is InChI=1S/C46H68FN5O9/c47-34-21-19-33(20-22-34)43-46(25-27-51(28-26-46)45(61)50-35-13-9-7-8-10-14-35)44(60)52(43)36-23-17-32(18-24-36)29-48-39(56)15-11-5-3-1-2-4-6-12-16-40(57)49-30-37(54)41(58)42(59)38(55)31-53/h17-24,35,37-38,41-43,53-55,58-59H,1-16,25-31H2,(H,48,56)(H,49,57)(H,50,61)/t37-,38+,41+,42+,43?/m1/s1. The number of unbranched alkanes of at least 4 members (excludes halogenated alkanes) is 7. The number of nitrogens with one attached hydrogen (secondary N) is 3. The fourth-order valence-corrected chi connectivity index (χ4v) is 9.01. The third-order valence-corrected chi connectivity index (χ3v) is 12.8. The van der Waals surface area contributed by atoms with Crippen molar-refractivity contribution in [2.75, 3.05) is 31.1 Å². The number of rotatable bonds is 22. The molecule has 0 aromatic heterocycles. The molecule has 3 fully saturated rings. The van der Waals surface area contributed by atoms with Crippen LogP contribution in [0.3, 0.4) is 0 Å². The van der Waals surface area contributed by atoms with Crippen LogP contribution in [0.1, 0.15) is 133 Å². The van der Waals surface area contributed by atoms with Crippen LogP contribution in [0.15, 0.2) is 48.5 Å². The van der Waals surface area contributed by atoms with Crippen molar-refractivity contribution < 1.29 is 49.1 Å². The van der Waals surface area contributed by atoms with Crippen LogP contribution < -0.4 is 20.9 Å². The Kier molecular flexibility index (Phi) is 18.8. The summed E-state index contributed by atoms with van der Waals surface area (Å²) in [4.78, 5) is 55.6. The van der Waals surface area contributed by atoms with Gasteiger partial charge in [-0.1, -0.05) is 88.5 Å². The van der Waals surface area contributed by atoms with E-state index in [9.17, 15) is 44.0 Å². The second kappa shape index (κ2) is 23.9. The number of urea groups is 1. The van der Waals surface area contributed by atoms with Crippen LogP contribution >= 0.6 is 0 Å². The van der Waals surface area contributed by atoms with Crippen molar-refractivity contribution in [3.05, 3.63) is 65.5 Å². The first-order valence-electron chi connectivity index (χ1n) is 22.5. The van der Waals surface area contributed by atoms with E-state index in [4.69, 9.17) is 5.11 Å². The highest BCUT2D eigenvalue weighted by atomic mass is 19.1.